The van der Waals surface area contributed by atoms with E-state index in [-0.39, 0.29) is 24.4 Å². The molecule has 1 aliphatic carbocycles. The summed E-state index contributed by atoms with van der Waals surface area (Å²) in [7, 11) is 1.93. The van der Waals surface area contributed by atoms with Gasteiger partial charge in [0.1, 0.15) is 0 Å². The summed E-state index contributed by atoms with van der Waals surface area (Å²) in [5, 5.41) is 3.28. The third kappa shape index (κ3) is 2.43. The zero-order valence-electron chi connectivity index (χ0n) is 11.1. The first-order chi connectivity index (χ1) is 9.20. The Morgan fingerprint density at radius 3 is 2.35 bits per heavy atom. The largest absolute Gasteiger partial charge is 0.313 e. The maximum absolute atomic E-state index is 13.4. The van der Waals surface area contributed by atoms with E-state index in [1.54, 1.807) is 6.07 Å². The third-order valence-corrected chi connectivity index (χ3v) is 3.91. The van der Waals surface area contributed by atoms with Crippen molar-refractivity contribution >= 4 is 12.4 Å². The highest BCUT2D eigenvalue weighted by Gasteiger charge is 2.30. The highest BCUT2D eigenvalue weighted by atomic mass is 35.5. The average molecular weight is 296 g/mol. The molecule has 106 valence electrons. The first kappa shape index (κ1) is 14.9. The molecular formula is C16H16ClF2N. The fourth-order valence-corrected chi connectivity index (χ4v) is 2.95. The number of rotatable bonds is 2. The van der Waals surface area contributed by atoms with Crippen molar-refractivity contribution < 1.29 is 8.78 Å². The van der Waals surface area contributed by atoms with Crippen molar-refractivity contribution in [2.24, 2.45) is 0 Å². The van der Waals surface area contributed by atoms with Crippen molar-refractivity contribution in [2.75, 3.05) is 7.05 Å². The molecule has 3 rings (SSSR count). The lowest BCUT2D eigenvalue weighted by Crippen LogP contribution is -2.13. The molecule has 0 amide bonds. The highest BCUT2D eigenvalue weighted by molar-refractivity contribution is 5.85. The number of nitrogens with one attached hydrogen (secondary N) is 1. The van der Waals surface area contributed by atoms with Gasteiger partial charge in [-0.15, -0.1) is 12.4 Å². The van der Waals surface area contributed by atoms with Crippen LogP contribution in [-0.4, -0.2) is 7.05 Å². The van der Waals surface area contributed by atoms with E-state index in [9.17, 15) is 8.78 Å². The van der Waals surface area contributed by atoms with Crippen LogP contribution in [0.15, 0.2) is 42.5 Å². The van der Waals surface area contributed by atoms with Crippen molar-refractivity contribution in [3.8, 4) is 0 Å². The minimum atomic E-state index is -0.791. The Morgan fingerprint density at radius 1 is 1.00 bits per heavy atom. The molecule has 0 spiro atoms. The third-order valence-electron chi connectivity index (χ3n) is 3.91. The number of benzene rings is 2. The second-order valence-electron chi connectivity index (χ2n) is 4.93. The number of hydrogen-bond acceptors (Lipinski definition) is 1. The fourth-order valence-electron chi connectivity index (χ4n) is 2.95. The summed E-state index contributed by atoms with van der Waals surface area (Å²) >= 11 is 0. The van der Waals surface area contributed by atoms with Gasteiger partial charge in [0.25, 0.3) is 0 Å². The summed E-state index contributed by atoms with van der Waals surface area (Å²) in [6.07, 6.45) is 0.876. The molecule has 0 saturated carbocycles. The minimum Gasteiger partial charge on any atom is -0.313 e. The number of fused-ring (bicyclic) bond motifs is 1. The van der Waals surface area contributed by atoms with Gasteiger partial charge in [-0.3, -0.25) is 0 Å². The van der Waals surface area contributed by atoms with Gasteiger partial charge in [0.15, 0.2) is 11.6 Å². The molecule has 0 bridgehead atoms. The predicted octanol–water partition coefficient (Wildman–Crippen LogP) is 4.18. The van der Waals surface area contributed by atoms with Gasteiger partial charge in [0.2, 0.25) is 0 Å². The van der Waals surface area contributed by atoms with Crippen molar-refractivity contribution in [3.05, 3.63) is 70.8 Å². The van der Waals surface area contributed by atoms with Gasteiger partial charge in [-0.2, -0.15) is 0 Å². The summed E-state index contributed by atoms with van der Waals surface area (Å²) in [5.41, 5.74) is 3.29. The first-order valence-corrected chi connectivity index (χ1v) is 6.41. The average Bonchev–Trinajstić information content (AvgIpc) is 2.81. The van der Waals surface area contributed by atoms with Crippen LogP contribution in [-0.2, 0) is 0 Å². The summed E-state index contributed by atoms with van der Waals surface area (Å²) in [4.78, 5) is 0. The molecule has 0 fully saturated rings. The molecule has 2 unspecified atom stereocenters. The van der Waals surface area contributed by atoms with E-state index in [0.29, 0.717) is 0 Å². The predicted molar refractivity (Wildman–Crippen MR) is 78.3 cm³/mol. The maximum Gasteiger partial charge on any atom is 0.159 e. The van der Waals surface area contributed by atoms with Gasteiger partial charge in [0.05, 0.1) is 0 Å². The smallest absolute Gasteiger partial charge is 0.159 e. The monoisotopic (exact) mass is 295 g/mol. The Kier molecular flexibility index (Phi) is 4.41. The molecule has 0 radical (unpaired) electrons. The zero-order valence-corrected chi connectivity index (χ0v) is 11.9. The minimum absolute atomic E-state index is 0. The maximum atomic E-state index is 13.4. The first-order valence-electron chi connectivity index (χ1n) is 6.41. The normalized spacial score (nSPS) is 20.4. The van der Waals surface area contributed by atoms with E-state index in [1.165, 1.54) is 23.3 Å². The standard InChI is InChI=1S/C16H15F2N.ClH/c1-19-16-9-13(11-4-2-3-5-12(11)16)10-6-7-14(17)15(18)8-10;/h2-8,13,16,19H,9H2,1H3;1H. The summed E-state index contributed by atoms with van der Waals surface area (Å²) in [6.45, 7) is 0. The zero-order chi connectivity index (χ0) is 13.4. The van der Waals surface area contributed by atoms with Gasteiger partial charge in [-0.1, -0.05) is 30.3 Å². The van der Waals surface area contributed by atoms with Crippen molar-refractivity contribution in [1.29, 1.82) is 0 Å². The molecule has 0 aromatic heterocycles. The molecule has 0 heterocycles. The van der Waals surface area contributed by atoms with E-state index >= 15 is 0 Å². The van der Waals surface area contributed by atoms with Gasteiger partial charge < -0.3 is 5.32 Å². The quantitative estimate of drug-likeness (QED) is 0.876. The van der Waals surface area contributed by atoms with E-state index in [4.69, 9.17) is 0 Å². The van der Waals surface area contributed by atoms with Crippen LogP contribution < -0.4 is 5.32 Å². The van der Waals surface area contributed by atoms with E-state index in [2.05, 4.69) is 17.4 Å². The molecule has 1 aliphatic rings. The molecule has 0 aliphatic heterocycles. The Labute approximate surface area is 123 Å². The van der Waals surface area contributed by atoms with E-state index in [0.717, 1.165) is 12.0 Å². The Hall–Kier alpha value is -1.45. The lowest BCUT2D eigenvalue weighted by atomic mass is 9.93. The summed E-state index contributed by atoms with van der Waals surface area (Å²) < 4.78 is 26.4. The molecule has 0 saturated heterocycles. The van der Waals surface area contributed by atoms with Crippen LogP contribution in [0.3, 0.4) is 0 Å². The SMILES string of the molecule is CNC1CC(c2ccc(F)c(F)c2)c2ccccc21.Cl. The van der Waals surface area contributed by atoms with Crippen LogP contribution in [0.25, 0.3) is 0 Å². The van der Waals surface area contributed by atoms with E-state index < -0.39 is 11.6 Å². The lowest BCUT2D eigenvalue weighted by molar-refractivity contribution is 0.504. The Morgan fingerprint density at radius 2 is 1.70 bits per heavy atom. The number of halogens is 3. The van der Waals surface area contributed by atoms with Crippen LogP contribution in [0.2, 0.25) is 0 Å². The number of hydrogen-bond donors (Lipinski definition) is 1. The summed E-state index contributed by atoms with van der Waals surface area (Å²) in [5.74, 6) is -1.44. The van der Waals surface area contributed by atoms with Crippen LogP contribution in [0, 0.1) is 11.6 Å². The fraction of sp³-hybridized carbons (Fsp3) is 0.250. The van der Waals surface area contributed by atoms with Crippen LogP contribution in [0.5, 0.6) is 0 Å². The van der Waals surface area contributed by atoms with Crippen molar-refractivity contribution in [2.45, 2.75) is 18.4 Å². The van der Waals surface area contributed by atoms with Gasteiger partial charge >= 0.3 is 0 Å². The van der Waals surface area contributed by atoms with Crippen molar-refractivity contribution in [3.63, 3.8) is 0 Å². The van der Waals surface area contributed by atoms with Gasteiger partial charge in [0, 0.05) is 12.0 Å². The highest BCUT2D eigenvalue weighted by Crippen LogP contribution is 2.43. The topological polar surface area (TPSA) is 12.0 Å². The van der Waals surface area contributed by atoms with E-state index in [1.807, 2.05) is 19.2 Å². The second-order valence-corrected chi connectivity index (χ2v) is 4.93. The second kappa shape index (κ2) is 5.90. The Balaban J connectivity index is 0.00000147. The van der Waals surface area contributed by atoms with Gasteiger partial charge in [-0.05, 0) is 42.3 Å². The van der Waals surface area contributed by atoms with Gasteiger partial charge in [-0.25, -0.2) is 8.78 Å². The molecule has 2 aromatic rings. The Bertz CT molecular complexity index is 615. The van der Waals surface area contributed by atoms with Crippen LogP contribution in [0.1, 0.15) is 35.1 Å². The molecule has 1 nitrogen and oxygen atoms in total. The molecule has 20 heavy (non-hydrogen) atoms. The lowest BCUT2D eigenvalue weighted by Gasteiger charge is -2.12. The molecule has 2 aromatic carbocycles. The molecular weight excluding hydrogens is 280 g/mol. The van der Waals surface area contributed by atoms with Crippen molar-refractivity contribution in [1.82, 2.24) is 5.32 Å². The molecule has 1 N–H and O–H groups in total. The summed E-state index contributed by atoms with van der Waals surface area (Å²) in [6, 6.07) is 12.6. The van der Waals surface area contributed by atoms with Crippen LogP contribution in [0.4, 0.5) is 8.78 Å². The molecule has 2 atom stereocenters. The van der Waals surface area contributed by atoms with Crippen LogP contribution >= 0.6 is 12.4 Å². The molecule has 4 heteroatoms.